The summed E-state index contributed by atoms with van der Waals surface area (Å²) < 4.78 is 30.7. The molecule has 36 heavy (non-hydrogen) atoms. The van der Waals surface area contributed by atoms with Crippen LogP contribution >= 0.6 is 0 Å². The molecule has 0 atom stereocenters. The Morgan fingerprint density at radius 3 is 1.78 bits per heavy atom. The van der Waals surface area contributed by atoms with Gasteiger partial charge in [-0.05, 0) is 12.8 Å². The van der Waals surface area contributed by atoms with E-state index in [2.05, 4.69) is 10.6 Å². The number of hydrogen-bond donors (Lipinski definition) is 2. The first-order valence-electron chi connectivity index (χ1n) is 11.5. The molecule has 4 amide bonds. The van der Waals surface area contributed by atoms with Gasteiger partial charge < -0.3 is 43.9 Å². The van der Waals surface area contributed by atoms with E-state index in [0.717, 1.165) is 0 Å². The number of alkyl carbamates (subject to hydrolysis) is 2. The standard InChI is InChI=1S/C21H35N3O12/c1-30-10-8-22-20(28)34-14-12-32-19(33-13-15-35-21(29)23-9-11-31-2)5-3-4-18(27)36-24-16(25)6-7-17(24)26/h19H,3-15H2,1-2H3,(H,22,28)(H,23,29). The fraction of sp³-hybridized carbons (Fsp3) is 0.762. The first-order valence-corrected chi connectivity index (χ1v) is 11.5. The smallest absolute Gasteiger partial charge is 0.407 e. The molecule has 0 spiro atoms. The molecule has 1 aliphatic rings. The number of methoxy groups -OCH3 is 2. The minimum Gasteiger partial charge on any atom is -0.447 e. The highest BCUT2D eigenvalue weighted by molar-refractivity contribution is 6.01. The Kier molecular flexibility index (Phi) is 16.6. The summed E-state index contributed by atoms with van der Waals surface area (Å²) in [4.78, 5) is 62.9. The molecular formula is C21H35N3O12. The normalized spacial score (nSPS) is 13.1. The lowest BCUT2D eigenvalue weighted by atomic mass is 10.2. The number of ether oxygens (including phenoxy) is 6. The maximum Gasteiger partial charge on any atom is 0.407 e. The van der Waals surface area contributed by atoms with Crippen molar-refractivity contribution in [1.29, 1.82) is 0 Å². The minimum atomic E-state index is -0.812. The maximum atomic E-state index is 12.0. The first kappa shape index (κ1) is 31.0. The van der Waals surface area contributed by atoms with Gasteiger partial charge in [-0.1, -0.05) is 0 Å². The van der Waals surface area contributed by atoms with E-state index in [0.29, 0.717) is 31.4 Å². The van der Waals surface area contributed by atoms with Crippen LogP contribution in [0.15, 0.2) is 0 Å². The van der Waals surface area contributed by atoms with Crippen molar-refractivity contribution in [3.8, 4) is 0 Å². The van der Waals surface area contributed by atoms with Gasteiger partial charge >= 0.3 is 18.2 Å². The summed E-state index contributed by atoms with van der Waals surface area (Å²) in [6.07, 6.45) is -1.67. The Bertz CT molecular complexity index is 660. The van der Waals surface area contributed by atoms with E-state index in [1.54, 1.807) is 0 Å². The van der Waals surface area contributed by atoms with Crippen molar-refractivity contribution < 1.29 is 57.2 Å². The van der Waals surface area contributed by atoms with Gasteiger partial charge in [0, 0.05) is 46.6 Å². The molecule has 2 N–H and O–H groups in total. The number of amides is 4. The molecule has 206 valence electrons. The van der Waals surface area contributed by atoms with E-state index in [4.69, 9.17) is 33.3 Å². The summed E-state index contributed by atoms with van der Waals surface area (Å²) in [7, 11) is 3.01. The van der Waals surface area contributed by atoms with Gasteiger partial charge in [0.15, 0.2) is 6.29 Å². The van der Waals surface area contributed by atoms with Crippen LogP contribution in [0.4, 0.5) is 9.59 Å². The van der Waals surface area contributed by atoms with Crippen LogP contribution in [0.2, 0.25) is 0 Å². The summed E-state index contributed by atoms with van der Waals surface area (Å²) in [5.41, 5.74) is 0. The monoisotopic (exact) mass is 521 g/mol. The van der Waals surface area contributed by atoms with Crippen molar-refractivity contribution in [2.75, 3.05) is 67.0 Å². The fourth-order valence-electron chi connectivity index (χ4n) is 2.67. The van der Waals surface area contributed by atoms with Crippen LogP contribution in [-0.2, 0) is 47.6 Å². The van der Waals surface area contributed by atoms with Crippen LogP contribution < -0.4 is 10.6 Å². The van der Waals surface area contributed by atoms with Crippen molar-refractivity contribution in [2.45, 2.75) is 38.4 Å². The van der Waals surface area contributed by atoms with Crippen LogP contribution in [0.25, 0.3) is 0 Å². The molecule has 0 aromatic rings. The number of rotatable bonds is 19. The summed E-state index contributed by atoms with van der Waals surface area (Å²) in [5.74, 6) is -1.87. The van der Waals surface area contributed by atoms with E-state index >= 15 is 0 Å². The van der Waals surface area contributed by atoms with E-state index in [1.165, 1.54) is 14.2 Å². The Morgan fingerprint density at radius 2 is 1.31 bits per heavy atom. The molecule has 1 rings (SSSR count). The Balaban J connectivity index is 2.36. The van der Waals surface area contributed by atoms with Crippen LogP contribution in [0.3, 0.4) is 0 Å². The number of nitrogens with one attached hydrogen (secondary N) is 2. The average molecular weight is 522 g/mol. The molecule has 0 aromatic heterocycles. The SMILES string of the molecule is COCCNC(=O)OCCOC(CCCC(=O)ON1C(=O)CCC1=O)OCCOC(=O)NCCOC. The Labute approximate surface area is 208 Å². The molecule has 0 aromatic carbocycles. The Morgan fingerprint density at radius 1 is 0.806 bits per heavy atom. The molecule has 1 aliphatic heterocycles. The third-order valence-corrected chi connectivity index (χ3v) is 4.41. The molecule has 1 heterocycles. The lowest BCUT2D eigenvalue weighted by Gasteiger charge is -2.19. The topological polar surface area (TPSA) is 177 Å². The van der Waals surface area contributed by atoms with Gasteiger partial charge in [-0.25, -0.2) is 14.4 Å². The van der Waals surface area contributed by atoms with E-state index in [1.807, 2.05) is 0 Å². The molecule has 0 aliphatic carbocycles. The quantitative estimate of drug-likeness (QED) is 0.131. The molecule has 0 unspecified atom stereocenters. The zero-order chi connectivity index (χ0) is 26.6. The van der Waals surface area contributed by atoms with Gasteiger partial charge in [0.2, 0.25) is 0 Å². The van der Waals surface area contributed by atoms with Crippen LogP contribution in [-0.4, -0.2) is 108 Å². The number of hydrogen-bond acceptors (Lipinski definition) is 12. The molecule has 1 fully saturated rings. The molecular weight excluding hydrogens is 486 g/mol. The number of carbonyl (C=O) groups excluding carboxylic acids is 5. The van der Waals surface area contributed by atoms with Gasteiger partial charge in [-0.3, -0.25) is 9.59 Å². The Hall–Kier alpha value is -3.01. The van der Waals surface area contributed by atoms with Gasteiger partial charge in [0.25, 0.3) is 11.8 Å². The maximum absolute atomic E-state index is 12.0. The molecule has 1 saturated heterocycles. The van der Waals surface area contributed by atoms with Crippen LogP contribution in [0.5, 0.6) is 0 Å². The van der Waals surface area contributed by atoms with E-state index in [9.17, 15) is 24.0 Å². The number of hydroxylamine groups is 2. The van der Waals surface area contributed by atoms with Crippen molar-refractivity contribution in [2.24, 2.45) is 0 Å². The predicted octanol–water partition coefficient (Wildman–Crippen LogP) is -0.132. The third-order valence-electron chi connectivity index (χ3n) is 4.41. The van der Waals surface area contributed by atoms with E-state index < -0.39 is 36.3 Å². The van der Waals surface area contributed by atoms with E-state index in [-0.39, 0.29) is 58.5 Å². The second kappa shape index (κ2) is 19.2. The van der Waals surface area contributed by atoms with Gasteiger partial charge in [0.1, 0.15) is 13.2 Å². The zero-order valence-electron chi connectivity index (χ0n) is 20.6. The predicted molar refractivity (Wildman–Crippen MR) is 119 cm³/mol. The average Bonchev–Trinajstić information content (AvgIpc) is 3.16. The molecule has 15 heteroatoms. The molecule has 15 nitrogen and oxygen atoms in total. The van der Waals surface area contributed by atoms with Gasteiger partial charge in [-0.2, -0.15) is 0 Å². The highest BCUT2D eigenvalue weighted by Gasteiger charge is 2.32. The summed E-state index contributed by atoms with van der Waals surface area (Å²) >= 11 is 0. The lowest BCUT2D eigenvalue weighted by molar-refractivity contribution is -0.198. The van der Waals surface area contributed by atoms with Gasteiger partial charge in [0.05, 0.1) is 26.4 Å². The molecule has 0 bridgehead atoms. The van der Waals surface area contributed by atoms with Crippen molar-refractivity contribution in [3.63, 3.8) is 0 Å². The second-order valence-electron chi connectivity index (χ2n) is 7.22. The van der Waals surface area contributed by atoms with Crippen LogP contribution in [0, 0.1) is 0 Å². The number of imide groups is 1. The summed E-state index contributed by atoms with van der Waals surface area (Å²) in [6, 6.07) is 0. The third kappa shape index (κ3) is 14.4. The lowest BCUT2D eigenvalue weighted by Crippen LogP contribution is -2.32. The number of nitrogens with zero attached hydrogens (tertiary/aromatic N) is 1. The summed E-state index contributed by atoms with van der Waals surface area (Å²) in [5, 5.41) is 5.46. The zero-order valence-corrected chi connectivity index (χ0v) is 20.6. The molecule has 0 saturated carbocycles. The fourth-order valence-corrected chi connectivity index (χ4v) is 2.67. The van der Waals surface area contributed by atoms with Crippen molar-refractivity contribution in [1.82, 2.24) is 15.7 Å². The van der Waals surface area contributed by atoms with Gasteiger partial charge in [-0.15, -0.1) is 5.06 Å². The summed E-state index contributed by atoms with van der Waals surface area (Å²) in [6.45, 7) is 1.17. The van der Waals surface area contributed by atoms with Crippen molar-refractivity contribution in [3.05, 3.63) is 0 Å². The first-order chi connectivity index (χ1) is 17.4. The highest BCUT2D eigenvalue weighted by atomic mass is 16.7. The van der Waals surface area contributed by atoms with Crippen molar-refractivity contribution >= 4 is 30.0 Å². The minimum absolute atomic E-state index is 0.00194. The molecule has 0 radical (unpaired) electrons. The number of carbonyl (C=O) groups is 5. The largest absolute Gasteiger partial charge is 0.447 e. The second-order valence-corrected chi connectivity index (χ2v) is 7.22. The van der Waals surface area contributed by atoms with Crippen LogP contribution in [0.1, 0.15) is 32.1 Å². The highest BCUT2D eigenvalue weighted by Crippen LogP contribution is 2.14.